The predicted octanol–water partition coefficient (Wildman–Crippen LogP) is 3.82. The van der Waals surface area contributed by atoms with Crippen molar-refractivity contribution >= 4 is 5.91 Å². The summed E-state index contributed by atoms with van der Waals surface area (Å²) in [5, 5.41) is 0. The van der Waals surface area contributed by atoms with Crippen LogP contribution in [0.2, 0.25) is 0 Å². The molecular formula is C19H27N3O2. The van der Waals surface area contributed by atoms with Crippen LogP contribution < -0.4 is 0 Å². The Morgan fingerprint density at radius 2 is 2.29 bits per heavy atom. The van der Waals surface area contributed by atoms with Gasteiger partial charge in [0.25, 0.3) is 0 Å². The molecule has 5 nitrogen and oxygen atoms in total. The highest BCUT2D eigenvalue weighted by atomic mass is 16.3. The number of likely N-dealkylation sites (tertiary alicyclic amines) is 1. The lowest BCUT2D eigenvalue weighted by atomic mass is 9.90. The number of amides is 1. The summed E-state index contributed by atoms with van der Waals surface area (Å²) in [6, 6.07) is 4.18. The summed E-state index contributed by atoms with van der Waals surface area (Å²) >= 11 is 0. The molecule has 1 aliphatic rings. The van der Waals surface area contributed by atoms with Crippen LogP contribution in [0.3, 0.4) is 0 Å². The second-order valence-corrected chi connectivity index (χ2v) is 6.79. The summed E-state index contributed by atoms with van der Waals surface area (Å²) in [4.78, 5) is 18.8. The van der Waals surface area contributed by atoms with E-state index in [1.54, 1.807) is 12.5 Å². The van der Waals surface area contributed by atoms with Crippen LogP contribution in [0.1, 0.15) is 57.1 Å². The zero-order valence-electron chi connectivity index (χ0n) is 14.6. The van der Waals surface area contributed by atoms with Crippen LogP contribution in [0, 0.1) is 5.92 Å². The molecule has 3 rings (SSSR count). The van der Waals surface area contributed by atoms with E-state index in [4.69, 9.17) is 4.42 Å². The third-order valence-corrected chi connectivity index (χ3v) is 4.91. The van der Waals surface area contributed by atoms with E-state index in [1.165, 1.54) is 0 Å². The molecule has 0 bridgehead atoms. The van der Waals surface area contributed by atoms with Crippen molar-refractivity contribution in [2.24, 2.45) is 5.92 Å². The van der Waals surface area contributed by atoms with E-state index in [-0.39, 0.29) is 11.9 Å². The zero-order valence-corrected chi connectivity index (χ0v) is 14.6. The number of nitrogens with zero attached hydrogens (tertiary/aromatic N) is 3. The van der Waals surface area contributed by atoms with Crippen molar-refractivity contribution < 1.29 is 9.21 Å². The summed E-state index contributed by atoms with van der Waals surface area (Å²) < 4.78 is 7.98. The standard InChI is InChI=1S/C19H27N3O2/c1-3-16-6-7-18(24-16)17-13-15(2)8-11-22(17)19(23)5-4-10-21-12-9-20-14-21/h6-7,9,12,14-15,17H,3-5,8,10-11,13H2,1-2H3/t15-,17-/m1/s1. The van der Waals surface area contributed by atoms with Gasteiger partial charge in [0.1, 0.15) is 11.5 Å². The lowest BCUT2D eigenvalue weighted by Gasteiger charge is -2.37. The highest BCUT2D eigenvalue weighted by molar-refractivity contribution is 5.76. The minimum atomic E-state index is 0.0924. The van der Waals surface area contributed by atoms with Gasteiger partial charge in [-0.1, -0.05) is 13.8 Å². The molecule has 1 fully saturated rings. The lowest BCUT2D eigenvalue weighted by molar-refractivity contribution is -0.136. The third-order valence-electron chi connectivity index (χ3n) is 4.91. The quantitative estimate of drug-likeness (QED) is 0.809. The fourth-order valence-corrected chi connectivity index (χ4v) is 3.45. The number of aryl methyl sites for hydroxylation is 2. The topological polar surface area (TPSA) is 51.3 Å². The average molecular weight is 329 g/mol. The average Bonchev–Trinajstić information content (AvgIpc) is 3.26. The van der Waals surface area contributed by atoms with Crippen molar-refractivity contribution in [2.45, 2.75) is 58.5 Å². The summed E-state index contributed by atoms with van der Waals surface area (Å²) in [6.45, 7) is 6.02. The first kappa shape index (κ1) is 16.8. The molecule has 2 aromatic heterocycles. The van der Waals surface area contributed by atoms with Gasteiger partial charge >= 0.3 is 0 Å². The number of hydrogen-bond acceptors (Lipinski definition) is 3. The Balaban J connectivity index is 1.63. The molecule has 24 heavy (non-hydrogen) atoms. The molecular weight excluding hydrogens is 302 g/mol. The number of aromatic nitrogens is 2. The molecule has 2 aromatic rings. The van der Waals surface area contributed by atoms with Crippen LogP contribution in [0.4, 0.5) is 0 Å². The van der Waals surface area contributed by atoms with Gasteiger partial charge in [0.2, 0.25) is 5.91 Å². The molecule has 0 saturated carbocycles. The van der Waals surface area contributed by atoms with E-state index in [1.807, 2.05) is 27.8 Å². The molecule has 0 radical (unpaired) electrons. The Labute approximate surface area is 143 Å². The molecule has 1 aliphatic heterocycles. The van der Waals surface area contributed by atoms with Crippen molar-refractivity contribution in [3.63, 3.8) is 0 Å². The fourth-order valence-electron chi connectivity index (χ4n) is 3.45. The normalized spacial score (nSPS) is 21.2. The van der Waals surface area contributed by atoms with Crippen molar-refractivity contribution in [3.8, 4) is 0 Å². The summed E-state index contributed by atoms with van der Waals surface area (Å²) in [5.41, 5.74) is 0. The van der Waals surface area contributed by atoms with Crippen LogP contribution >= 0.6 is 0 Å². The van der Waals surface area contributed by atoms with Crippen LogP contribution in [0.5, 0.6) is 0 Å². The van der Waals surface area contributed by atoms with Crippen LogP contribution in [0.15, 0.2) is 35.3 Å². The molecule has 1 amide bonds. The lowest BCUT2D eigenvalue weighted by Crippen LogP contribution is -2.40. The maximum atomic E-state index is 12.8. The molecule has 0 spiro atoms. The maximum absolute atomic E-state index is 12.8. The van der Waals surface area contributed by atoms with Crippen LogP contribution in [0.25, 0.3) is 0 Å². The highest BCUT2D eigenvalue weighted by Crippen LogP contribution is 2.35. The van der Waals surface area contributed by atoms with Gasteiger partial charge in [-0.05, 0) is 37.3 Å². The molecule has 2 atom stereocenters. The second-order valence-electron chi connectivity index (χ2n) is 6.79. The SMILES string of the molecule is CCc1ccc([C@H]2C[C@H](C)CCN2C(=O)CCCn2ccnc2)o1. The number of piperidine rings is 1. The first-order valence-corrected chi connectivity index (χ1v) is 9.01. The Morgan fingerprint density at radius 3 is 3.00 bits per heavy atom. The number of rotatable bonds is 6. The van der Waals surface area contributed by atoms with E-state index in [2.05, 4.69) is 18.8 Å². The van der Waals surface area contributed by atoms with Gasteiger partial charge in [-0.2, -0.15) is 0 Å². The minimum absolute atomic E-state index is 0.0924. The molecule has 0 N–H and O–H groups in total. The van der Waals surface area contributed by atoms with Crippen molar-refractivity contribution in [2.75, 3.05) is 6.54 Å². The monoisotopic (exact) mass is 329 g/mol. The van der Waals surface area contributed by atoms with E-state index in [9.17, 15) is 4.79 Å². The Hall–Kier alpha value is -2.04. The van der Waals surface area contributed by atoms with Gasteiger partial charge in [0.15, 0.2) is 0 Å². The number of carbonyl (C=O) groups is 1. The molecule has 0 unspecified atom stereocenters. The molecule has 5 heteroatoms. The third kappa shape index (κ3) is 3.89. The first-order valence-electron chi connectivity index (χ1n) is 9.01. The smallest absolute Gasteiger partial charge is 0.223 e. The Kier molecular flexibility index (Phi) is 5.38. The van der Waals surface area contributed by atoms with Gasteiger partial charge in [0, 0.05) is 38.3 Å². The van der Waals surface area contributed by atoms with Crippen molar-refractivity contribution in [1.29, 1.82) is 0 Å². The van der Waals surface area contributed by atoms with Gasteiger partial charge in [-0.15, -0.1) is 0 Å². The zero-order chi connectivity index (χ0) is 16.9. The van der Waals surface area contributed by atoms with Crippen molar-refractivity contribution in [3.05, 3.63) is 42.4 Å². The van der Waals surface area contributed by atoms with E-state index >= 15 is 0 Å². The van der Waals surface area contributed by atoms with Crippen LogP contribution in [-0.4, -0.2) is 26.9 Å². The number of carbonyl (C=O) groups excluding carboxylic acids is 1. The van der Waals surface area contributed by atoms with E-state index in [0.717, 1.165) is 50.3 Å². The molecule has 3 heterocycles. The minimum Gasteiger partial charge on any atom is -0.464 e. The van der Waals surface area contributed by atoms with E-state index < -0.39 is 0 Å². The second kappa shape index (κ2) is 7.69. The molecule has 130 valence electrons. The van der Waals surface area contributed by atoms with Gasteiger partial charge < -0.3 is 13.9 Å². The Morgan fingerprint density at radius 1 is 1.42 bits per heavy atom. The molecule has 0 aromatic carbocycles. The highest BCUT2D eigenvalue weighted by Gasteiger charge is 2.32. The van der Waals surface area contributed by atoms with Gasteiger partial charge in [0.05, 0.1) is 12.4 Å². The Bertz CT molecular complexity index is 647. The summed E-state index contributed by atoms with van der Waals surface area (Å²) in [5.74, 6) is 2.80. The summed E-state index contributed by atoms with van der Waals surface area (Å²) in [7, 11) is 0. The maximum Gasteiger partial charge on any atom is 0.223 e. The number of hydrogen-bond donors (Lipinski definition) is 0. The van der Waals surface area contributed by atoms with Gasteiger partial charge in [-0.25, -0.2) is 4.98 Å². The van der Waals surface area contributed by atoms with E-state index in [0.29, 0.717) is 12.3 Å². The molecule has 1 saturated heterocycles. The fraction of sp³-hybridized carbons (Fsp3) is 0.579. The van der Waals surface area contributed by atoms with Gasteiger partial charge in [-0.3, -0.25) is 4.79 Å². The molecule has 0 aliphatic carbocycles. The summed E-state index contributed by atoms with van der Waals surface area (Å²) in [6.07, 6.45) is 9.87. The van der Waals surface area contributed by atoms with Crippen molar-refractivity contribution in [1.82, 2.24) is 14.5 Å². The number of furan rings is 1. The number of imidazole rings is 1. The first-order chi connectivity index (χ1) is 11.7. The van der Waals surface area contributed by atoms with Crippen LogP contribution in [-0.2, 0) is 17.8 Å². The largest absolute Gasteiger partial charge is 0.464 e. The predicted molar refractivity (Wildman–Crippen MR) is 92.4 cm³/mol.